The van der Waals surface area contributed by atoms with Crippen LogP contribution in [0.5, 0.6) is 0 Å². The maximum atomic E-state index is 12.9. The van der Waals surface area contributed by atoms with Gasteiger partial charge in [-0.2, -0.15) is 0 Å². The molecule has 186 valence electrons. The molecule has 2 amide bonds. The molecule has 5 fully saturated rings. The molecular formula is C28H41N3O2S. The normalized spacial score (nSPS) is 30.6. The van der Waals surface area contributed by atoms with Gasteiger partial charge in [0.25, 0.3) is 5.91 Å². The summed E-state index contributed by atoms with van der Waals surface area (Å²) in [6.45, 7) is 4.14. The van der Waals surface area contributed by atoms with Gasteiger partial charge in [-0.05, 0) is 107 Å². The Labute approximate surface area is 209 Å². The first-order valence-corrected chi connectivity index (χ1v) is 14.6. The van der Waals surface area contributed by atoms with Crippen LogP contribution in [0, 0.1) is 17.8 Å². The van der Waals surface area contributed by atoms with Gasteiger partial charge in [0.2, 0.25) is 5.91 Å². The largest absolute Gasteiger partial charge is 0.352 e. The lowest BCUT2D eigenvalue weighted by atomic mass is 9.53. The molecule has 0 unspecified atom stereocenters. The Balaban J connectivity index is 1.08. The van der Waals surface area contributed by atoms with Crippen LogP contribution in [0.25, 0.3) is 0 Å². The first kappa shape index (κ1) is 24.2. The number of amides is 2. The first-order chi connectivity index (χ1) is 16.6. The number of thioether (sulfide) groups is 1. The molecule has 0 radical (unpaired) electrons. The highest BCUT2D eigenvalue weighted by Crippen LogP contribution is 2.55. The fourth-order valence-corrected chi connectivity index (χ4v) is 8.33. The number of hydrogen-bond acceptors (Lipinski definition) is 4. The second-order valence-corrected chi connectivity index (χ2v) is 12.4. The van der Waals surface area contributed by atoms with Crippen molar-refractivity contribution in [2.45, 2.75) is 81.1 Å². The molecule has 4 aliphatic carbocycles. The fraction of sp³-hybridized carbons (Fsp3) is 0.714. The minimum absolute atomic E-state index is 0.0274. The van der Waals surface area contributed by atoms with Crippen molar-refractivity contribution in [2.75, 3.05) is 31.9 Å². The molecule has 1 aliphatic heterocycles. The molecule has 0 aromatic heterocycles. The van der Waals surface area contributed by atoms with Gasteiger partial charge in [-0.3, -0.25) is 9.59 Å². The third-order valence-electron chi connectivity index (χ3n) is 8.57. The summed E-state index contributed by atoms with van der Waals surface area (Å²) in [5.41, 5.74) is 0.737. The van der Waals surface area contributed by atoms with E-state index in [0.717, 1.165) is 35.6 Å². The van der Waals surface area contributed by atoms with Gasteiger partial charge in [0.05, 0.1) is 11.3 Å². The summed E-state index contributed by atoms with van der Waals surface area (Å²) >= 11 is 1.50. The summed E-state index contributed by atoms with van der Waals surface area (Å²) in [6, 6.07) is 7.71. The molecule has 0 atom stereocenters. The summed E-state index contributed by atoms with van der Waals surface area (Å²) in [5, 5.41) is 6.56. The van der Waals surface area contributed by atoms with E-state index in [1.807, 2.05) is 24.3 Å². The zero-order valence-electron chi connectivity index (χ0n) is 20.5. The predicted octanol–water partition coefficient (Wildman–Crippen LogP) is 4.86. The van der Waals surface area contributed by atoms with E-state index in [4.69, 9.17) is 0 Å². The fourth-order valence-electron chi connectivity index (χ4n) is 7.48. The molecule has 6 heteroatoms. The summed E-state index contributed by atoms with van der Waals surface area (Å²) in [6.07, 6.45) is 13.9. The Bertz CT molecular complexity index is 830. The lowest BCUT2D eigenvalue weighted by Gasteiger charge is -2.56. The number of nitrogens with zero attached hydrogens (tertiary/aromatic N) is 1. The van der Waals surface area contributed by atoms with Gasteiger partial charge in [0.15, 0.2) is 0 Å². The van der Waals surface area contributed by atoms with Crippen molar-refractivity contribution in [3.8, 4) is 0 Å². The second kappa shape index (κ2) is 11.0. The van der Waals surface area contributed by atoms with Gasteiger partial charge in [-0.15, -0.1) is 11.8 Å². The monoisotopic (exact) mass is 483 g/mol. The van der Waals surface area contributed by atoms with E-state index in [9.17, 15) is 9.59 Å². The van der Waals surface area contributed by atoms with Crippen LogP contribution in [0.1, 0.15) is 81.0 Å². The van der Waals surface area contributed by atoms with Gasteiger partial charge in [0.1, 0.15) is 0 Å². The third kappa shape index (κ3) is 5.99. The molecule has 2 N–H and O–H groups in total. The summed E-state index contributed by atoms with van der Waals surface area (Å²) in [7, 11) is 0. The maximum Gasteiger partial charge on any atom is 0.252 e. The van der Waals surface area contributed by atoms with Crippen LogP contribution in [0.2, 0.25) is 0 Å². The average molecular weight is 484 g/mol. The summed E-state index contributed by atoms with van der Waals surface area (Å²) < 4.78 is 0. The molecule has 6 rings (SSSR count). The van der Waals surface area contributed by atoms with Crippen LogP contribution in [-0.2, 0) is 4.79 Å². The molecular weight excluding hydrogens is 442 g/mol. The van der Waals surface area contributed by atoms with E-state index in [1.54, 1.807) is 0 Å². The lowest BCUT2D eigenvalue weighted by Crippen LogP contribution is -2.60. The molecule has 1 saturated heterocycles. The Morgan fingerprint density at radius 2 is 1.59 bits per heavy atom. The SMILES string of the molecule is O=C(CSc1ccccc1C(=O)NCCCN1CCCCCC1)NC12CC3CC(CC(C3)C1)C2. The minimum atomic E-state index is -0.0274. The molecule has 5 nitrogen and oxygen atoms in total. The van der Waals surface area contributed by atoms with Gasteiger partial charge in [0, 0.05) is 17.0 Å². The predicted molar refractivity (Wildman–Crippen MR) is 138 cm³/mol. The Morgan fingerprint density at radius 3 is 2.26 bits per heavy atom. The van der Waals surface area contributed by atoms with Crippen molar-refractivity contribution in [2.24, 2.45) is 17.8 Å². The van der Waals surface area contributed by atoms with E-state index >= 15 is 0 Å². The molecule has 4 bridgehead atoms. The Kier molecular flexibility index (Phi) is 7.84. The Morgan fingerprint density at radius 1 is 0.941 bits per heavy atom. The van der Waals surface area contributed by atoms with Crippen molar-refractivity contribution >= 4 is 23.6 Å². The number of carbonyl (C=O) groups excluding carboxylic acids is 2. The Hall–Kier alpha value is -1.53. The van der Waals surface area contributed by atoms with E-state index in [2.05, 4.69) is 15.5 Å². The van der Waals surface area contributed by atoms with E-state index in [0.29, 0.717) is 17.9 Å². The number of benzene rings is 1. The van der Waals surface area contributed by atoms with Crippen LogP contribution >= 0.6 is 11.8 Å². The van der Waals surface area contributed by atoms with Crippen molar-refractivity contribution in [3.05, 3.63) is 29.8 Å². The zero-order valence-corrected chi connectivity index (χ0v) is 21.3. The van der Waals surface area contributed by atoms with Crippen molar-refractivity contribution in [1.82, 2.24) is 15.5 Å². The summed E-state index contributed by atoms with van der Waals surface area (Å²) in [5.74, 6) is 2.94. The number of hydrogen-bond donors (Lipinski definition) is 2. The smallest absolute Gasteiger partial charge is 0.252 e. The molecule has 4 saturated carbocycles. The van der Waals surface area contributed by atoms with Crippen LogP contribution in [-0.4, -0.2) is 54.2 Å². The maximum absolute atomic E-state index is 12.9. The van der Waals surface area contributed by atoms with Crippen LogP contribution in [0.4, 0.5) is 0 Å². The van der Waals surface area contributed by atoms with Crippen molar-refractivity contribution in [1.29, 1.82) is 0 Å². The molecule has 1 aromatic rings. The van der Waals surface area contributed by atoms with Gasteiger partial charge in [-0.25, -0.2) is 0 Å². The topological polar surface area (TPSA) is 61.4 Å². The van der Waals surface area contributed by atoms with Gasteiger partial charge >= 0.3 is 0 Å². The van der Waals surface area contributed by atoms with E-state index in [-0.39, 0.29) is 17.4 Å². The van der Waals surface area contributed by atoms with Gasteiger partial charge in [-0.1, -0.05) is 25.0 Å². The molecule has 1 aromatic carbocycles. The van der Waals surface area contributed by atoms with Gasteiger partial charge < -0.3 is 15.5 Å². The zero-order chi connectivity index (χ0) is 23.4. The number of carbonyl (C=O) groups is 2. The number of rotatable bonds is 9. The molecule has 5 aliphatic rings. The van der Waals surface area contributed by atoms with E-state index < -0.39 is 0 Å². The molecule has 0 spiro atoms. The van der Waals surface area contributed by atoms with E-state index in [1.165, 1.54) is 89.1 Å². The van der Waals surface area contributed by atoms with Crippen molar-refractivity contribution < 1.29 is 9.59 Å². The average Bonchev–Trinajstić information content (AvgIpc) is 3.08. The number of likely N-dealkylation sites (tertiary alicyclic amines) is 1. The highest BCUT2D eigenvalue weighted by Gasteiger charge is 2.51. The number of nitrogens with one attached hydrogen (secondary N) is 2. The van der Waals surface area contributed by atoms with Crippen LogP contribution in [0.3, 0.4) is 0 Å². The standard InChI is InChI=1S/C28H41N3O2S/c32-26(30-28-17-21-14-22(18-28)16-23(15-21)19-28)20-34-25-9-4-3-8-24(25)27(33)29-10-7-13-31-11-5-1-2-6-12-31/h3-4,8-9,21-23H,1-2,5-7,10-20H2,(H,29,33)(H,30,32). The highest BCUT2D eigenvalue weighted by atomic mass is 32.2. The highest BCUT2D eigenvalue weighted by molar-refractivity contribution is 8.00. The molecule has 1 heterocycles. The van der Waals surface area contributed by atoms with Crippen LogP contribution in [0.15, 0.2) is 29.2 Å². The first-order valence-electron chi connectivity index (χ1n) is 13.6. The minimum Gasteiger partial charge on any atom is -0.352 e. The lowest BCUT2D eigenvalue weighted by molar-refractivity contribution is -0.124. The quantitative estimate of drug-likeness (QED) is 0.389. The van der Waals surface area contributed by atoms with Crippen LogP contribution < -0.4 is 10.6 Å². The molecule has 34 heavy (non-hydrogen) atoms. The third-order valence-corrected chi connectivity index (χ3v) is 9.64. The van der Waals surface area contributed by atoms with Crippen molar-refractivity contribution in [3.63, 3.8) is 0 Å². The second-order valence-electron chi connectivity index (χ2n) is 11.4. The summed E-state index contributed by atoms with van der Waals surface area (Å²) in [4.78, 5) is 29.2.